The van der Waals surface area contributed by atoms with Crippen molar-refractivity contribution in [2.24, 2.45) is 5.92 Å². The number of anilines is 1. The highest BCUT2D eigenvalue weighted by molar-refractivity contribution is 7.92. The van der Waals surface area contributed by atoms with Crippen molar-refractivity contribution in [1.29, 1.82) is 0 Å². The molecule has 1 aliphatic rings. The summed E-state index contributed by atoms with van der Waals surface area (Å²) in [6.45, 7) is 5.26. The second kappa shape index (κ2) is 15.7. The highest BCUT2D eigenvalue weighted by Crippen LogP contribution is 2.38. The Bertz CT molecular complexity index is 1500. The Morgan fingerprint density at radius 2 is 1.73 bits per heavy atom. The molecule has 3 aromatic rings. The smallest absolute Gasteiger partial charge is 0.264 e. The second-order valence-corrected chi connectivity index (χ2v) is 13.5. The molecule has 3 aromatic carbocycles. The molecular weight excluding hydrogens is 606 g/mol. The topological polar surface area (TPSA) is 66.9 Å². The van der Waals surface area contributed by atoms with Gasteiger partial charge in [-0.05, 0) is 81.5 Å². The predicted molar refractivity (Wildman–Crippen MR) is 171 cm³/mol. The van der Waals surface area contributed by atoms with Gasteiger partial charge in [0.15, 0.2) is 0 Å². The maximum Gasteiger partial charge on any atom is 0.264 e. The number of hydrogen-bond donors (Lipinski definition) is 0. The van der Waals surface area contributed by atoms with Gasteiger partial charge in [0.25, 0.3) is 10.0 Å². The molecule has 44 heavy (non-hydrogen) atoms. The van der Waals surface area contributed by atoms with E-state index in [9.17, 15) is 17.6 Å². The first-order valence-corrected chi connectivity index (χ1v) is 17.2. The molecule has 0 aliphatic heterocycles. The lowest BCUT2D eigenvalue weighted by atomic mass is 10.0. The molecule has 10 heteroatoms. The van der Waals surface area contributed by atoms with Crippen molar-refractivity contribution in [2.75, 3.05) is 24.0 Å². The van der Waals surface area contributed by atoms with Crippen LogP contribution in [0.5, 0.6) is 5.75 Å². The molecule has 0 N–H and O–H groups in total. The first kappa shape index (κ1) is 33.7. The molecule has 0 aromatic heterocycles. The molecule has 1 unspecified atom stereocenters. The van der Waals surface area contributed by atoms with Crippen LogP contribution in [0.15, 0.2) is 71.6 Å². The Morgan fingerprint density at radius 3 is 2.43 bits per heavy atom. The molecule has 1 saturated carbocycles. The van der Waals surface area contributed by atoms with E-state index in [0.29, 0.717) is 54.8 Å². The minimum absolute atomic E-state index is 0.117. The molecule has 6 nitrogen and oxygen atoms in total. The van der Waals surface area contributed by atoms with Crippen LogP contribution in [0.3, 0.4) is 0 Å². The third-order valence-electron chi connectivity index (χ3n) is 8.29. The van der Waals surface area contributed by atoms with E-state index in [1.54, 1.807) is 31.2 Å². The number of hydrogen-bond acceptors (Lipinski definition) is 4. The van der Waals surface area contributed by atoms with Gasteiger partial charge in [-0.1, -0.05) is 55.5 Å². The summed E-state index contributed by atoms with van der Waals surface area (Å²) in [5.41, 5.74) is 0.0745. The zero-order valence-electron chi connectivity index (χ0n) is 25.4. The lowest BCUT2D eigenvalue weighted by molar-refractivity contribution is -0.131. The normalized spacial score (nSPS) is 14.4. The first-order chi connectivity index (χ1) is 21.1. The van der Waals surface area contributed by atoms with E-state index in [1.807, 2.05) is 11.8 Å². The molecule has 1 fully saturated rings. The highest BCUT2D eigenvalue weighted by Gasteiger charge is 2.34. The number of unbranched alkanes of at least 4 members (excludes halogenated alkanes) is 1. The standard InChI is InChI=1S/C34H41ClF2N2O4S/c1-3-38(34(40)21-14-26-10-4-5-11-26)22-8-9-23-43-33-13-7-6-12-30(33)25(2)39(32-24-28(36)17-20-31(32)37)44(41,42)29-18-15-27(35)16-19-29/h6-7,12-13,15-20,24-26H,3-5,8-11,14,21-23H2,1-2H3. The van der Waals surface area contributed by atoms with E-state index in [1.165, 1.54) is 49.9 Å². The van der Waals surface area contributed by atoms with Crippen molar-refractivity contribution in [3.63, 3.8) is 0 Å². The first-order valence-electron chi connectivity index (χ1n) is 15.4. The number of benzene rings is 3. The fourth-order valence-electron chi connectivity index (χ4n) is 5.84. The number of sulfonamides is 1. The lowest BCUT2D eigenvalue weighted by Gasteiger charge is -2.32. The summed E-state index contributed by atoms with van der Waals surface area (Å²) < 4.78 is 64.3. The third kappa shape index (κ3) is 8.51. The van der Waals surface area contributed by atoms with Crippen molar-refractivity contribution in [1.82, 2.24) is 4.90 Å². The Balaban J connectivity index is 1.46. The van der Waals surface area contributed by atoms with Crippen LogP contribution in [0.4, 0.5) is 14.5 Å². The van der Waals surface area contributed by atoms with E-state index in [4.69, 9.17) is 16.3 Å². The fourth-order valence-corrected chi connectivity index (χ4v) is 7.60. The van der Waals surface area contributed by atoms with E-state index in [0.717, 1.165) is 35.3 Å². The zero-order chi connectivity index (χ0) is 31.7. The van der Waals surface area contributed by atoms with E-state index in [2.05, 4.69) is 0 Å². The second-order valence-electron chi connectivity index (χ2n) is 11.3. The fraction of sp³-hybridized carbons (Fsp3) is 0.441. The molecular formula is C34H41ClF2N2O4S. The van der Waals surface area contributed by atoms with Gasteiger partial charge in [-0.3, -0.25) is 9.10 Å². The van der Waals surface area contributed by atoms with Crippen LogP contribution in [0.25, 0.3) is 0 Å². The van der Waals surface area contributed by atoms with Crippen LogP contribution in [0.2, 0.25) is 5.02 Å². The van der Waals surface area contributed by atoms with Gasteiger partial charge in [0.1, 0.15) is 17.4 Å². The van der Waals surface area contributed by atoms with Crippen molar-refractivity contribution in [2.45, 2.75) is 76.2 Å². The summed E-state index contributed by atoms with van der Waals surface area (Å²) in [5, 5.41) is 0.342. The molecule has 0 saturated heterocycles. The monoisotopic (exact) mass is 646 g/mol. The lowest BCUT2D eigenvalue weighted by Crippen LogP contribution is -2.34. The van der Waals surface area contributed by atoms with Gasteiger partial charge in [0, 0.05) is 36.2 Å². The molecule has 1 aliphatic carbocycles. The van der Waals surface area contributed by atoms with Crippen LogP contribution in [0.1, 0.15) is 76.8 Å². The van der Waals surface area contributed by atoms with Gasteiger partial charge < -0.3 is 9.64 Å². The third-order valence-corrected chi connectivity index (χ3v) is 10.4. The van der Waals surface area contributed by atoms with Crippen LogP contribution >= 0.6 is 11.6 Å². The number of nitrogens with zero attached hydrogens (tertiary/aromatic N) is 2. The van der Waals surface area contributed by atoms with E-state index < -0.39 is 33.4 Å². The Labute approximate surface area is 265 Å². The zero-order valence-corrected chi connectivity index (χ0v) is 26.9. The maximum absolute atomic E-state index is 15.1. The number of halogens is 3. The molecule has 0 heterocycles. The highest BCUT2D eigenvalue weighted by atomic mass is 35.5. The summed E-state index contributed by atoms with van der Waals surface area (Å²) in [4.78, 5) is 14.5. The summed E-state index contributed by atoms with van der Waals surface area (Å²) in [7, 11) is -4.36. The summed E-state index contributed by atoms with van der Waals surface area (Å²) >= 11 is 5.98. The summed E-state index contributed by atoms with van der Waals surface area (Å²) in [6, 6.07) is 14.2. The average molecular weight is 647 g/mol. The number of carbonyl (C=O) groups excluding carboxylic acids is 1. The minimum Gasteiger partial charge on any atom is -0.493 e. The number of para-hydroxylation sites is 1. The van der Waals surface area contributed by atoms with E-state index >= 15 is 4.39 Å². The van der Waals surface area contributed by atoms with Crippen molar-refractivity contribution in [3.05, 3.63) is 89.0 Å². The summed E-state index contributed by atoms with van der Waals surface area (Å²) in [5.74, 6) is -0.331. The number of amides is 1. The number of ether oxygens (including phenoxy) is 1. The maximum atomic E-state index is 15.1. The summed E-state index contributed by atoms with van der Waals surface area (Å²) in [6.07, 6.45) is 8.02. The molecule has 0 bridgehead atoms. The van der Waals surface area contributed by atoms with Crippen LogP contribution < -0.4 is 9.04 Å². The van der Waals surface area contributed by atoms with Crippen molar-refractivity contribution in [3.8, 4) is 5.75 Å². The predicted octanol–water partition coefficient (Wildman–Crippen LogP) is 8.55. The quantitative estimate of drug-likeness (QED) is 0.155. The van der Waals surface area contributed by atoms with Gasteiger partial charge in [-0.2, -0.15) is 0 Å². The van der Waals surface area contributed by atoms with Crippen LogP contribution in [-0.4, -0.2) is 38.9 Å². The molecule has 0 radical (unpaired) electrons. The minimum atomic E-state index is -4.36. The Morgan fingerprint density at radius 1 is 1.02 bits per heavy atom. The Hall–Kier alpha value is -3.17. The van der Waals surface area contributed by atoms with Gasteiger partial charge in [-0.15, -0.1) is 0 Å². The Kier molecular flexibility index (Phi) is 12.0. The number of carbonyl (C=O) groups is 1. The van der Waals surface area contributed by atoms with Gasteiger partial charge in [0.2, 0.25) is 5.91 Å². The van der Waals surface area contributed by atoms with Crippen LogP contribution in [0, 0.1) is 17.6 Å². The van der Waals surface area contributed by atoms with E-state index in [-0.39, 0.29) is 10.8 Å². The van der Waals surface area contributed by atoms with Gasteiger partial charge in [0.05, 0.1) is 23.2 Å². The van der Waals surface area contributed by atoms with Crippen molar-refractivity contribution >= 4 is 33.2 Å². The average Bonchev–Trinajstić information content (AvgIpc) is 3.54. The van der Waals surface area contributed by atoms with Gasteiger partial charge >= 0.3 is 0 Å². The largest absolute Gasteiger partial charge is 0.493 e. The van der Waals surface area contributed by atoms with Gasteiger partial charge in [-0.25, -0.2) is 17.2 Å². The molecule has 1 atom stereocenters. The SMILES string of the molecule is CCN(CCCCOc1ccccc1C(C)N(c1cc(F)ccc1F)S(=O)(=O)c1ccc(Cl)cc1)C(=O)CCC1CCCC1. The van der Waals surface area contributed by atoms with Crippen LogP contribution in [-0.2, 0) is 14.8 Å². The molecule has 238 valence electrons. The number of rotatable bonds is 15. The molecule has 0 spiro atoms. The molecule has 4 rings (SSSR count). The van der Waals surface area contributed by atoms with Crippen molar-refractivity contribution < 1.29 is 26.7 Å². The molecule has 1 amide bonds.